The lowest BCUT2D eigenvalue weighted by atomic mass is 10.1. The van der Waals surface area contributed by atoms with E-state index in [4.69, 9.17) is 0 Å². The molecule has 1 fully saturated rings. The van der Waals surface area contributed by atoms with Crippen molar-refractivity contribution in [2.45, 2.75) is 32.2 Å². The lowest BCUT2D eigenvalue weighted by Crippen LogP contribution is -2.49. The summed E-state index contributed by atoms with van der Waals surface area (Å²) in [5, 5.41) is 9.42. The fraction of sp³-hybridized carbons (Fsp3) is 0.562. The quantitative estimate of drug-likeness (QED) is 0.830. The van der Waals surface area contributed by atoms with Gasteiger partial charge in [-0.15, -0.1) is 0 Å². The van der Waals surface area contributed by atoms with Gasteiger partial charge in [-0.1, -0.05) is 19.4 Å². The van der Waals surface area contributed by atoms with Crippen LogP contribution in [0.3, 0.4) is 0 Å². The number of unbranched alkanes of at least 4 members (excludes halogenated alkanes) is 1. The number of rotatable bonds is 5. The molecular weight excluding hydrogens is 264 g/mol. The predicted octanol–water partition coefficient (Wildman–Crippen LogP) is 1.98. The van der Waals surface area contributed by atoms with Gasteiger partial charge in [0, 0.05) is 50.6 Å². The molecule has 1 aliphatic rings. The lowest BCUT2D eigenvalue weighted by molar-refractivity contribution is -0.133. The zero-order valence-electron chi connectivity index (χ0n) is 12.5. The van der Waals surface area contributed by atoms with Crippen molar-refractivity contribution < 1.29 is 4.79 Å². The normalized spacial score (nSPS) is 17.2. The number of aromatic nitrogens is 1. The van der Waals surface area contributed by atoms with Gasteiger partial charge in [-0.3, -0.25) is 14.7 Å². The minimum Gasteiger partial charge on any atom is -0.340 e. The summed E-state index contributed by atoms with van der Waals surface area (Å²) in [6.07, 6.45) is 6.09. The molecule has 1 aliphatic heterocycles. The van der Waals surface area contributed by atoms with Crippen LogP contribution >= 0.6 is 0 Å². The van der Waals surface area contributed by atoms with E-state index in [0.29, 0.717) is 19.5 Å². The van der Waals surface area contributed by atoms with Crippen molar-refractivity contribution in [3.63, 3.8) is 0 Å². The standard InChI is InChI=1S/C16H22N4O/c1-2-3-6-16(21)20-10-8-19(9-11-20)15(12-17)14-5-4-7-18-13-14/h4-5,7,13,15H,2-3,6,8-11H2,1H3/t15-/m1/s1. The van der Waals surface area contributed by atoms with E-state index in [9.17, 15) is 10.1 Å². The number of nitrogens with zero attached hydrogens (tertiary/aromatic N) is 4. The van der Waals surface area contributed by atoms with E-state index in [0.717, 1.165) is 31.5 Å². The van der Waals surface area contributed by atoms with Crippen LogP contribution in [0.1, 0.15) is 37.8 Å². The molecule has 0 spiro atoms. The Bertz CT molecular complexity index is 489. The second-order valence-corrected chi connectivity index (χ2v) is 5.34. The molecule has 0 saturated carbocycles. The van der Waals surface area contributed by atoms with Crippen molar-refractivity contribution in [3.05, 3.63) is 30.1 Å². The van der Waals surface area contributed by atoms with Gasteiger partial charge < -0.3 is 4.90 Å². The molecule has 2 rings (SSSR count). The number of pyridine rings is 1. The first kappa shape index (κ1) is 15.5. The minimum atomic E-state index is -0.272. The van der Waals surface area contributed by atoms with Gasteiger partial charge in [-0.05, 0) is 12.5 Å². The van der Waals surface area contributed by atoms with E-state index in [1.165, 1.54) is 0 Å². The average molecular weight is 286 g/mol. The van der Waals surface area contributed by atoms with Gasteiger partial charge in [-0.25, -0.2) is 0 Å². The summed E-state index contributed by atoms with van der Waals surface area (Å²) >= 11 is 0. The molecule has 112 valence electrons. The summed E-state index contributed by atoms with van der Waals surface area (Å²) in [7, 11) is 0. The van der Waals surface area contributed by atoms with E-state index in [1.807, 2.05) is 17.0 Å². The Morgan fingerprint density at radius 1 is 1.43 bits per heavy atom. The van der Waals surface area contributed by atoms with Crippen LogP contribution in [0.5, 0.6) is 0 Å². The van der Waals surface area contributed by atoms with E-state index >= 15 is 0 Å². The average Bonchev–Trinajstić information content (AvgIpc) is 2.55. The second-order valence-electron chi connectivity index (χ2n) is 5.34. The zero-order valence-corrected chi connectivity index (χ0v) is 12.5. The fourth-order valence-electron chi connectivity index (χ4n) is 2.62. The van der Waals surface area contributed by atoms with Gasteiger partial charge in [0.2, 0.25) is 5.91 Å². The van der Waals surface area contributed by atoms with Crippen molar-refractivity contribution in [2.24, 2.45) is 0 Å². The Balaban J connectivity index is 1.91. The molecule has 5 nitrogen and oxygen atoms in total. The van der Waals surface area contributed by atoms with Crippen LogP contribution in [-0.2, 0) is 4.79 Å². The predicted molar refractivity (Wildman–Crippen MR) is 80.3 cm³/mol. The highest BCUT2D eigenvalue weighted by molar-refractivity contribution is 5.76. The Morgan fingerprint density at radius 3 is 2.76 bits per heavy atom. The number of carbonyl (C=O) groups is 1. The van der Waals surface area contributed by atoms with Crippen molar-refractivity contribution in [1.82, 2.24) is 14.8 Å². The number of piperazine rings is 1. The van der Waals surface area contributed by atoms with Crippen molar-refractivity contribution in [1.29, 1.82) is 5.26 Å². The maximum absolute atomic E-state index is 12.0. The fourth-order valence-corrected chi connectivity index (χ4v) is 2.62. The van der Waals surface area contributed by atoms with Crippen LogP contribution in [0.4, 0.5) is 0 Å². The highest BCUT2D eigenvalue weighted by Crippen LogP contribution is 2.20. The maximum Gasteiger partial charge on any atom is 0.222 e. The highest BCUT2D eigenvalue weighted by Gasteiger charge is 2.26. The van der Waals surface area contributed by atoms with Crippen molar-refractivity contribution in [2.75, 3.05) is 26.2 Å². The molecule has 0 aromatic carbocycles. The number of amides is 1. The molecule has 0 radical (unpaired) electrons. The summed E-state index contributed by atoms with van der Waals surface area (Å²) in [4.78, 5) is 20.1. The Morgan fingerprint density at radius 2 is 2.19 bits per heavy atom. The third kappa shape index (κ3) is 4.02. The van der Waals surface area contributed by atoms with E-state index < -0.39 is 0 Å². The summed E-state index contributed by atoms with van der Waals surface area (Å²) in [5.41, 5.74) is 0.922. The molecule has 2 heterocycles. The van der Waals surface area contributed by atoms with E-state index in [-0.39, 0.29) is 11.9 Å². The molecule has 0 aliphatic carbocycles. The first-order chi connectivity index (χ1) is 10.3. The number of carbonyl (C=O) groups excluding carboxylic acids is 1. The molecule has 0 bridgehead atoms. The van der Waals surface area contributed by atoms with Gasteiger partial charge in [-0.2, -0.15) is 5.26 Å². The molecule has 1 aromatic heterocycles. The molecule has 1 atom stereocenters. The first-order valence-corrected chi connectivity index (χ1v) is 7.57. The third-order valence-electron chi connectivity index (χ3n) is 3.90. The molecule has 21 heavy (non-hydrogen) atoms. The van der Waals surface area contributed by atoms with Crippen LogP contribution < -0.4 is 0 Å². The van der Waals surface area contributed by atoms with Gasteiger partial charge in [0.05, 0.1) is 6.07 Å². The smallest absolute Gasteiger partial charge is 0.222 e. The van der Waals surface area contributed by atoms with Crippen LogP contribution in [0.2, 0.25) is 0 Å². The molecule has 1 saturated heterocycles. The monoisotopic (exact) mass is 286 g/mol. The van der Waals surface area contributed by atoms with Crippen LogP contribution in [-0.4, -0.2) is 46.9 Å². The molecule has 0 N–H and O–H groups in total. The first-order valence-electron chi connectivity index (χ1n) is 7.57. The molecule has 5 heteroatoms. The second kappa shape index (κ2) is 7.75. The summed E-state index contributed by atoms with van der Waals surface area (Å²) in [5.74, 6) is 0.242. The van der Waals surface area contributed by atoms with Crippen LogP contribution in [0, 0.1) is 11.3 Å². The maximum atomic E-state index is 12.0. The molecule has 1 aromatic rings. The Kier molecular flexibility index (Phi) is 5.70. The number of hydrogen-bond acceptors (Lipinski definition) is 4. The number of nitriles is 1. The summed E-state index contributed by atoms with van der Waals surface area (Å²) in [6.45, 7) is 4.99. The van der Waals surface area contributed by atoms with E-state index in [1.54, 1.807) is 12.4 Å². The Labute approximate surface area is 126 Å². The lowest BCUT2D eigenvalue weighted by Gasteiger charge is -2.37. The van der Waals surface area contributed by atoms with E-state index in [2.05, 4.69) is 22.9 Å². The van der Waals surface area contributed by atoms with Gasteiger partial charge in [0.1, 0.15) is 6.04 Å². The van der Waals surface area contributed by atoms with Gasteiger partial charge in [0.25, 0.3) is 0 Å². The third-order valence-corrected chi connectivity index (χ3v) is 3.90. The van der Waals surface area contributed by atoms with Crippen LogP contribution in [0.15, 0.2) is 24.5 Å². The topological polar surface area (TPSA) is 60.2 Å². The number of hydrogen-bond donors (Lipinski definition) is 0. The summed E-state index contributed by atoms with van der Waals surface area (Å²) < 4.78 is 0. The van der Waals surface area contributed by atoms with Crippen molar-refractivity contribution >= 4 is 5.91 Å². The van der Waals surface area contributed by atoms with Gasteiger partial charge >= 0.3 is 0 Å². The SMILES string of the molecule is CCCCC(=O)N1CCN([C@H](C#N)c2cccnc2)CC1. The Hall–Kier alpha value is -1.93. The molecular formula is C16H22N4O. The van der Waals surface area contributed by atoms with Crippen molar-refractivity contribution in [3.8, 4) is 6.07 Å². The largest absolute Gasteiger partial charge is 0.340 e. The summed E-state index contributed by atoms with van der Waals surface area (Å²) in [6, 6.07) is 5.86. The van der Waals surface area contributed by atoms with Crippen LogP contribution in [0.25, 0.3) is 0 Å². The minimum absolute atomic E-state index is 0.242. The molecule has 0 unspecified atom stereocenters. The van der Waals surface area contributed by atoms with Gasteiger partial charge in [0.15, 0.2) is 0 Å². The zero-order chi connectivity index (χ0) is 15.1. The molecule has 1 amide bonds. The highest BCUT2D eigenvalue weighted by atomic mass is 16.2.